The first-order valence-corrected chi connectivity index (χ1v) is 8.94. The van der Waals surface area contributed by atoms with Gasteiger partial charge in [0.25, 0.3) is 10.1 Å². The third-order valence-electron chi connectivity index (χ3n) is 2.76. The number of nitrogens with two attached hydrogens (primary N) is 1. The van der Waals surface area contributed by atoms with E-state index in [4.69, 9.17) is 10.3 Å². The first kappa shape index (κ1) is 19.8. The molecule has 0 aromatic carbocycles. The smallest absolute Gasteiger partial charge is 0.266 e. The topological polar surface area (TPSA) is 116 Å². The molecule has 0 amide bonds. The Balaban J connectivity index is 3.03. The summed E-state index contributed by atoms with van der Waals surface area (Å²) in [6.07, 6.45) is 4.28. The molecule has 0 aliphatic heterocycles. The van der Waals surface area contributed by atoms with Crippen LogP contribution >= 0.6 is 0 Å². The van der Waals surface area contributed by atoms with Crippen LogP contribution in [0.1, 0.15) is 25.7 Å². The Morgan fingerprint density at radius 3 is 1.70 bits per heavy atom. The second-order valence-corrected chi connectivity index (χ2v) is 6.31. The van der Waals surface area contributed by atoms with Gasteiger partial charge in [-0.05, 0) is 65.0 Å². The molecule has 0 atom stereocenters. The van der Waals surface area contributed by atoms with E-state index in [-0.39, 0.29) is 5.75 Å². The van der Waals surface area contributed by atoms with Gasteiger partial charge in [0.1, 0.15) is 0 Å². The van der Waals surface area contributed by atoms with E-state index in [9.17, 15) is 8.42 Å². The molecule has 0 aromatic heterocycles. The molecule has 7 nitrogen and oxygen atoms in total. The van der Waals surface area contributed by atoms with Crippen molar-refractivity contribution in [1.82, 2.24) is 16.0 Å². The maximum absolute atomic E-state index is 10.4. The predicted octanol–water partition coefficient (Wildman–Crippen LogP) is -0.838. The maximum atomic E-state index is 10.4. The van der Waals surface area contributed by atoms with E-state index < -0.39 is 10.1 Å². The van der Waals surface area contributed by atoms with Crippen molar-refractivity contribution in [2.24, 2.45) is 5.73 Å². The Labute approximate surface area is 122 Å². The lowest BCUT2D eigenvalue weighted by Crippen LogP contribution is -2.27. The van der Waals surface area contributed by atoms with E-state index in [1.165, 1.54) is 0 Å². The molecule has 0 fully saturated rings. The third-order valence-corrected chi connectivity index (χ3v) is 3.48. The van der Waals surface area contributed by atoms with Gasteiger partial charge in [-0.1, -0.05) is 0 Å². The average molecular weight is 310 g/mol. The van der Waals surface area contributed by atoms with Crippen molar-refractivity contribution in [3.63, 3.8) is 0 Å². The Bertz CT molecular complexity index is 299. The lowest BCUT2D eigenvalue weighted by molar-refractivity contribution is 0.480. The molecule has 0 saturated carbocycles. The summed E-state index contributed by atoms with van der Waals surface area (Å²) in [6, 6.07) is 0. The summed E-state index contributed by atoms with van der Waals surface area (Å²) in [4.78, 5) is 0. The fourth-order valence-corrected chi connectivity index (χ4v) is 2.04. The molecule has 20 heavy (non-hydrogen) atoms. The molecule has 0 aromatic rings. The van der Waals surface area contributed by atoms with Gasteiger partial charge in [0, 0.05) is 6.54 Å². The fourth-order valence-electron chi connectivity index (χ4n) is 1.64. The Hall–Kier alpha value is -0.250. The Morgan fingerprint density at radius 2 is 1.20 bits per heavy atom. The second-order valence-electron chi connectivity index (χ2n) is 4.74. The zero-order valence-electron chi connectivity index (χ0n) is 12.2. The number of rotatable bonds is 15. The summed E-state index contributed by atoms with van der Waals surface area (Å²) in [7, 11) is -3.83. The predicted molar refractivity (Wildman–Crippen MR) is 82.5 cm³/mol. The summed E-state index contributed by atoms with van der Waals surface area (Å²) >= 11 is 0. The molecule has 0 heterocycles. The van der Waals surface area contributed by atoms with Gasteiger partial charge in [-0.15, -0.1) is 0 Å². The molecule has 0 aliphatic carbocycles. The summed E-state index contributed by atoms with van der Waals surface area (Å²) in [5, 5.41) is 9.65. The van der Waals surface area contributed by atoms with Crippen molar-refractivity contribution in [3.05, 3.63) is 0 Å². The van der Waals surface area contributed by atoms with Crippen LogP contribution in [0.25, 0.3) is 0 Å². The van der Waals surface area contributed by atoms with Gasteiger partial charge in [-0.2, -0.15) is 8.42 Å². The number of hydrogen-bond acceptors (Lipinski definition) is 6. The standard InChI is InChI=1S/C12H30N4O3S/c13-5-3-8-14-6-1-2-7-15-9-4-10-16-11-12-20(17,18)19/h14-16H,1-13H2,(H,17,18,19). The second kappa shape index (κ2) is 13.7. The molecule has 0 radical (unpaired) electrons. The number of unbranched alkanes of at least 4 members (excludes halogenated alkanes) is 1. The van der Waals surface area contributed by atoms with Crippen LogP contribution in [0.4, 0.5) is 0 Å². The molecule has 0 aliphatic rings. The van der Waals surface area contributed by atoms with Crippen LogP contribution < -0.4 is 21.7 Å². The highest BCUT2D eigenvalue weighted by Crippen LogP contribution is 1.85. The van der Waals surface area contributed by atoms with Gasteiger partial charge in [-0.25, -0.2) is 0 Å². The summed E-state index contributed by atoms with van der Waals surface area (Å²) in [5.74, 6) is -0.225. The van der Waals surface area contributed by atoms with Crippen LogP contribution in [0.3, 0.4) is 0 Å². The lowest BCUT2D eigenvalue weighted by Gasteiger charge is -2.06. The minimum atomic E-state index is -3.83. The van der Waals surface area contributed by atoms with Crippen molar-refractivity contribution in [2.75, 3.05) is 51.6 Å². The lowest BCUT2D eigenvalue weighted by atomic mass is 10.3. The van der Waals surface area contributed by atoms with Crippen LogP contribution in [0.5, 0.6) is 0 Å². The summed E-state index contributed by atoms with van der Waals surface area (Å²) in [6.45, 7) is 5.75. The van der Waals surface area contributed by atoms with Gasteiger partial charge >= 0.3 is 0 Å². The summed E-state index contributed by atoms with van der Waals surface area (Å²) < 4.78 is 29.4. The fraction of sp³-hybridized carbons (Fsp3) is 1.00. The number of nitrogens with one attached hydrogen (secondary N) is 3. The SMILES string of the molecule is NCCCNCCCCNCCCNCCS(=O)(=O)O. The molecule has 0 spiro atoms. The zero-order valence-corrected chi connectivity index (χ0v) is 13.1. The van der Waals surface area contributed by atoms with E-state index in [1.54, 1.807) is 0 Å². The van der Waals surface area contributed by atoms with Gasteiger partial charge in [0.15, 0.2) is 0 Å². The van der Waals surface area contributed by atoms with Gasteiger partial charge in [-0.3, -0.25) is 4.55 Å². The van der Waals surface area contributed by atoms with Crippen molar-refractivity contribution < 1.29 is 13.0 Å². The first-order chi connectivity index (χ1) is 9.56. The first-order valence-electron chi connectivity index (χ1n) is 7.33. The van der Waals surface area contributed by atoms with E-state index >= 15 is 0 Å². The van der Waals surface area contributed by atoms with E-state index in [0.717, 1.165) is 65.0 Å². The van der Waals surface area contributed by atoms with Crippen LogP contribution in [0.2, 0.25) is 0 Å². The van der Waals surface area contributed by atoms with Crippen molar-refractivity contribution >= 4 is 10.1 Å². The Kier molecular flexibility index (Phi) is 13.5. The van der Waals surface area contributed by atoms with Gasteiger partial charge in [0.05, 0.1) is 5.75 Å². The van der Waals surface area contributed by atoms with Crippen molar-refractivity contribution in [1.29, 1.82) is 0 Å². The maximum Gasteiger partial charge on any atom is 0.266 e. The van der Waals surface area contributed by atoms with Crippen LogP contribution in [0.15, 0.2) is 0 Å². The Morgan fingerprint density at radius 1 is 0.750 bits per heavy atom. The monoisotopic (exact) mass is 310 g/mol. The van der Waals surface area contributed by atoms with Crippen LogP contribution in [-0.2, 0) is 10.1 Å². The highest BCUT2D eigenvalue weighted by atomic mass is 32.2. The highest BCUT2D eigenvalue weighted by Gasteiger charge is 2.01. The van der Waals surface area contributed by atoms with Crippen LogP contribution in [-0.4, -0.2) is 64.5 Å². The largest absolute Gasteiger partial charge is 0.330 e. The van der Waals surface area contributed by atoms with Crippen molar-refractivity contribution in [3.8, 4) is 0 Å². The quantitative estimate of drug-likeness (QED) is 0.198. The molecule has 0 unspecified atom stereocenters. The zero-order chi connectivity index (χ0) is 15.1. The van der Waals surface area contributed by atoms with Crippen LogP contribution in [0, 0.1) is 0 Å². The molecule has 122 valence electrons. The minimum Gasteiger partial charge on any atom is -0.330 e. The molecule has 8 heteroatoms. The van der Waals surface area contributed by atoms with E-state index in [1.807, 2.05) is 0 Å². The minimum absolute atomic E-state index is 0.225. The van der Waals surface area contributed by atoms with E-state index in [2.05, 4.69) is 16.0 Å². The number of hydrogen-bond donors (Lipinski definition) is 5. The van der Waals surface area contributed by atoms with E-state index in [0.29, 0.717) is 6.54 Å². The van der Waals surface area contributed by atoms with Gasteiger partial charge in [0.2, 0.25) is 0 Å². The molecular weight excluding hydrogens is 280 g/mol. The molecule has 0 rings (SSSR count). The van der Waals surface area contributed by atoms with Gasteiger partial charge < -0.3 is 21.7 Å². The normalized spacial score (nSPS) is 11.9. The molecule has 0 saturated heterocycles. The molecule has 6 N–H and O–H groups in total. The van der Waals surface area contributed by atoms with Crippen molar-refractivity contribution in [2.45, 2.75) is 25.7 Å². The molecule has 0 bridgehead atoms. The molecular formula is C12H30N4O3S. The highest BCUT2D eigenvalue weighted by molar-refractivity contribution is 7.85. The summed E-state index contributed by atoms with van der Waals surface area (Å²) in [5.41, 5.74) is 5.39. The third kappa shape index (κ3) is 17.8. The average Bonchev–Trinajstić information content (AvgIpc) is 2.38.